The number of hydrogen-bond donors (Lipinski definition) is 0. The summed E-state index contributed by atoms with van der Waals surface area (Å²) >= 11 is 0. The van der Waals surface area contributed by atoms with E-state index in [4.69, 9.17) is 9.47 Å². The van der Waals surface area contributed by atoms with E-state index in [0.717, 1.165) is 51.4 Å². The van der Waals surface area contributed by atoms with Crippen molar-refractivity contribution in [1.29, 1.82) is 0 Å². The van der Waals surface area contributed by atoms with Crippen LogP contribution in [0.3, 0.4) is 0 Å². The summed E-state index contributed by atoms with van der Waals surface area (Å²) in [5.74, 6) is -0.198. The molecule has 0 fully saturated rings. The molecule has 0 aromatic heterocycles. The fraction of sp³-hybridized carbons (Fsp3) is 0.692. The molecule has 0 saturated heterocycles. The van der Waals surface area contributed by atoms with Crippen molar-refractivity contribution in [2.24, 2.45) is 10.8 Å². The summed E-state index contributed by atoms with van der Waals surface area (Å²) in [5, 5.41) is 0. The van der Waals surface area contributed by atoms with Crippen molar-refractivity contribution in [3.05, 3.63) is 35.4 Å². The third-order valence-electron chi connectivity index (χ3n) is 5.68. The topological polar surface area (TPSA) is 52.6 Å². The summed E-state index contributed by atoms with van der Waals surface area (Å²) in [6, 6.07) is 8.80. The molecule has 1 rings (SSSR count). The van der Waals surface area contributed by atoms with Crippen LogP contribution in [0, 0.1) is 10.8 Å². The van der Waals surface area contributed by atoms with Crippen LogP contribution in [0.5, 0.6) is 0 Å². The molecule has 1 aromatic rings. The lowest BCUT2D eigenvalue weighted by molar-refractivity contribution is -0.154. The van der Waals surface area contributed by atoms with Crippen LogP contribution in [0.15, 0.2) is 24.3 Å². The van der Waals surface area contributed by atoms with Crippen molar-refractivity contribution in [2.75, 3.05) is 13.2 Å². The zero-order valence-corrected chi connectivity index (χ0v) is 20.0. The molecule has 0 amide bonds. The van der Waals surface area contributed by atoms with Gasteiger partial charge in [0.1, 0.15) is 0 Å². The van der Waals surface area contributed by atoms with E-state index in [1.165, 1.54) is 11.1 Å². The SMILES string of the molecule is CCOC(=O)C(C)(C)CCCCc1cccc(CCCCC(C)(C)C(=O)OCC)c1. The van der Waals surface area contributed by atoms with Crippen LogP contribution in [0.1, 0.15) is 91.2 Å². The smallest absolute Gasteiger partial charge is 0.311 e. The molecule has 30 heavy (non-hydrogen) atoms. The lowest BCUT2D eigenvalue weighted by Crippen LogP contribution is -2.26. The van der Waals surface area contributed by atoms with E-state index < -0.39 is 10.8 Å². The minimum Gasteiger partial charge on any atom is -0.466 e. The quantitative estimate of drug-likeness (QED) is 0.263. The molecule has 0 atom stereocenters. The normalized spacial score (nSPS) is 11.9. The molecular weight excluding hydrogens is 376 g/mol. The first-order valence-corrected chi connectivity index (χ1v) is 11.5. The number of hydrogen-bond acceptors (Lipinski definition) is 4. The van der Waals surface area contributed by atoms with Crippen molar-refractivity contribution in [2.45, 2.75) is 92.9 Å². The standard InChI is InChI=1S/C26H42O4/c1-7-29-23(27)25(3,4)18-11-9-14-21-16-13-17-22(20-21)15-10-12-19-26(5,6)24(28)30-8-2/h13,16-17,20H,7-12,14-15,18-19H2,1-6H3. The Morgan fingerprint density at radius 2 is 1.13 bits per heavy atom. The van der Waals surface area contributed by atoms with Crippen LogP contribution in [0.2, 0.25) is 0 Å². The predicted octanol–water partition coefficient (Wildman–Crippen LogP) is 6.29. The number of unbranched alkanes of at least 4 members (excludes halogenated alkanes) is 2. The van der Waals surface area contributed by atoms with Gasteiger partial charge in [-0.2, -0.15) is 0 Å². The molecule has 0 unspecified atom stereocenters. The fourth-order valence-electron chi connectivity index (χ4n) is 3.59. The van der Waals surface area contributed by atoms with Gasteiger partial charge in [-0.1, -0.05) is 37.1 Å². The lowest BCUT2D eigenvalue weighted by atomic mass is 9.86. The molecule has 1 aromatic carbocycles. The van der Waals surface area contributed by atoms with E-state index in [9.17, 15) is 9.59 Å². The van der Waals surface area contributed by atoms with Gasteiger partial charge in [-0.05, 0) is 91.2 Å². The molecule has 0 saturated carbocycles. The number of carbonyl (C=O) groups is 2. The van der Waals surface area contributed by atoms with Crippen molar-refractivity contribution in [3.63, 3.8) is 0 Å². The van der Waals surface area contributed by atoms with Crippen LogP contribution in [0.25, 0.3) is 0 Å². The zero-order valence-electron chi connectivity index (χ0n) is 20.0. The highest BCUT2D eigenvalue weighted by atomic mass is 16.5. The largest absolute Gasteiger partial charge is 0.466 e. The van der Waals surface area contributed by atoms with Crippen LogP contribution in [-0.4, -0.2) is 25.2 Å². The molecular formula is C26H42O4. The summed E-state index contributed by atoms with van der Waals surface area (Å²) in [5.41, 5.74) is 1.89. The second kappa shape index (κ2) is 12.8. The van der Waals surface area contributed by atoms with Gasteiger partial charge in [0, 0.05) is 0 Å². The number of benzene rings is 1. The molecule has 0 heterocycles. The van der Waals surface area contributed by atoms with Crippen LogP contribution < -0.4 is 0 Å². The average molecular weight is 419 g/mol. The molecule has 0 radical (unpaired) electrons. The van der Waals surface area contributed by atoms with Crippen LogP contribution in [-0.2, 0) is 31.9 Å². The number of rotatable bonds is 14. The third kappa shape index (κ3) is 9.32. The van der Waals surface area contributed by atoms with Crippen molar-refractivity contribution in [1.82, 2.24) is 0 Å². The van der Waals surface area contributed by atoms with Gasteiger partial charge in [-0.15, -0.1) is 0 Å². The summed E-state index contributed by atoms with van der Waals surface area (Å²) in [6.07, 6.45) is 7.92. The Morgan fingerprint density at radius 3 is 1.50 bits per heavy atom. The first-order valence-electron chi connectivity index (χ1n) is 11.5. The molecule has 0 N–H and O–H groups in total. The van der Waals surface area contributed by atoms with Crippen molar-refractivity contribution < 1.29 is 19.1 Å². The van der Waals surface area contributed by atoms with Gasteiger partial charge in [0.05, 0.1) is 24.0 Å². The van der Waals surface area contributed by atoms with E-state index in [0.29, 0.717) is 13.2 Å². The molecule has 0 spiro atoms. The highest BCUT2D eigenvalue weighted by Crippen LogP contribution is 2.27. The summed E-state index contributed by atoms with van der Waals surface area (Å²) in [7, 11) is 0. The van der Waals surface area contributed by atoms with Crippen molar-refractivity contribution >= 4 is 11.9 Å². The Balaban J connectivity index is 2.38. The Morgan fingerprint density at radius 1 is 0.733 bits per heavy atom. The number of carbonyl (C=O) groups excluding carboxylic acids is 2. The maximum Gasteiger partial charge on any atom is 0.311 e. The van der Waals surface area contributed by atoms with Crippen LogP contribution >= 0.6 is 0 Å². The first kappa shape index (κ1) is 26.2. The maximum atomic E-state index is 12.0. The number of ether oxygens (including phenoxy) is 2. The van der Waals surface area contributed by atoms with E-state index in [1.54, 1.807) is 0 Å². The highest BCUT2D eigenvalue weighted by molar-refractivity contribution is 5.76. The Bertz CT molecular complexity index is 608. The number of aryl methyl sites for hydroxylation is 2. The van der Waals surface area contributed by atoms with Gasteiger partial charge in [0.2, 0.25) is 0 Å². The van der Waals surface area contributed by atoms with Crippen molar-refractivity contribution in [3.8, 4) is 0 Å². The van der Waals surface area contributed by atoms with Crippen LogP contribution in [0.4, 0.5) is 0 Å². The zero-order chi connectivity index (χ0) is 22.6. The molecule has 0 bridgehead atoms. The van der Waals surface area contributed by atoms with E-state index in [1.807, 2.05) is 41.5 Å². The van der Waals surface area contributed by atoms with Gasteiger partial charge >= 0.3 is 11.9 Å². The Hall–Kier alpha value is -1.84. The minimum absolute atomic E-state index is 0.0990. The predicted molar refractivity (Wildman–Crippen MR) is 122 cm³/mol. The maximum absolute atomic E-state index is 12.0. The second-order valence-electron chi connectivity index (χ2n) is 9.44. The van der Waals surface area contributed by atoms with Gasteiger partial charge in [-0.25, -0.2) is 0 Å². The lowest BCUT2D eigenvalue weighted by Gasteiger charge is -2.22. The Kier molecular flexibility index (Phi) is 11.1. The molecule has 0 aliphatic rings. The highest BCUT2D eigenvalue weighted by Gasteiger charge is 2.29. The second-order valence-corrected chi connectivity index (χ2v) is 9.44. The summed E-state index contributed by atoms with van der Waals surface area (Å²) < 4.78 is 10.3. The third-order valence-corrected chi connectivity index (χ3v) is 5.68. The van der Waals surface area contributed by atoms with Gasteiger partial charge in [0.15, 0.2) is 0 Å². The Labute approximate surface area is 183 Å². The monoisotopic (exact) mass is 418 g/mol. The van der Waals surface area contributed by atoms with E-state index in [-0.39, 0.29) is 11.9 Å². The summed E-state index contributed by atoms with van der Waals surface area (Å²) in [6.45, 7) is 12.4. The van der Waals surface area contributed by atoms with Gasteiger partial charge in [0.25, 0.3) is 0 Å². The number of esters is 2. The molecule has 0 aliphatic heterocycles. The van der Waals surface area contributed by atoms with E-state index >= 15 is 0 Å². The average Bonchev–Trinajstić information content (AvgIpc) is 2.69. The molecule has 170 valence electrons. The molecule has 4 nitrogen and oxygen atoms in total. The van der Waals surface area contributed by atoms with Gasteiger partial charge in [-0.3, -0.25) is 9.59 Å². The minimum atomic E-state index is -0.408. The summed E-state index contributed by atoms with van der Waals surface area (Å²) in [4.78, 5) is 24.0. The molecule has 0 aliphatic carbocycles. The van der Waals surface area contributed by atoms with Gasteiger partial charge < -0.3 is 9.47 Å². The fourth-order valence-corrected chi connectivity index (χ4v) is 3.59. The van der Waals surface area contributed by atoms with E-state index in [2.05, 4.69) is 24.3 Å². The first-order chi connectivity index (χ1) is 14.1. The molecule has 4 heteroatoms.